The van der Waals surface area contributed by atoms with Crippen LogP contribution in [0.15, 0.2) is 12.2 Å². The third-order valence-electron chi connectivity index (χ3n) is 14.1. The lowest BCUT2D eigenvalue weighted by molar-refractivity contribution is -0.151. The van der Waals surface area contributed by atoms with E-state index in [2.05, 4.69) is 38.2 Å². The van der Waals surface area contributed by atoms with Crippen molar-refractivity contribution >= 4 is 11.9 Å². The van der Waals surface area contributed by atoms with Gasteiger partial charge in [0.05, 0.1) is 25.2 Å². The van der Waals surface area contributed by atoms with E-state index in [1.807, 2.05) is 0 Å². The summed E-state index contributed by atoms with van der Waals surface area (Å²) in [6.45, 7) is 6.53. The summed E-state index contributed by atoms with van der Waals surface area (Å²) >= 11 is 0. The summed E-state index contributed by atoms with van der Waals surface area (Å²) in [6, 6.07) is -0.697. The van der Waals surface area contributed by atoms with E-state index in [0.717, 1.165) is 51.4 Å². The van der Waals surface area contributed by atoms with Crippen LogP contribution in [0.25, 0.3) is 0 Å². The number of carbonyl (C=O) groups excluding carboxylic acids is 2. The lowest BCUT2D eigenvalue weighted by Crippen LogP contribution is -2.46. The molecule has 0 spiro atoms. The van der Waals surface area contributed by atoms with E-state index in [-0.39, 0.29) is 24.9 Å². The zero-order chi connectivity index (χ0) is 48.1. The van der Waals surface area contributed by atoms with Crippen LogP contribution < -0.4 is 5.32 Å². The molecule has 3 N–H and O–H groups in total. The lowest BCUT2D eigenvalue weighted by Gasteiger charge is -2.24. The largest absolute Gasteiger partial charge is 0.462 e. The van der Waals surface area contributed by atoms with E-state index in [0.29, 0.717) is 19.3 Å². The first kappa shape index (κ1) is 64.6. The highest BCUT2D eigenvalue weighted by Crippen LogP contribution is 2.19. The molecule has 0 saturated carbocycles. The monoisotopic (exact) mass is 932 g/mol. The molecule has 0 aliphatic carbocycles. The van der Waals surface area contributed by atoms with Gasteiger partial charge in [-0.25, -0.2) is 0 Å². The molecule has 6 heteroatoms. The second kappa shape index (κ2) is 54.5. The Morgan fingerprint density at radius 3 is 1.08 bits per heavy atom. The Balaban J connectivity index is 4.51. The smallest absolute Gasteiger partial charge is 0.306 e. The number of ether oxygens (including phenoxy) is 1. The quantitative estimate of drug-likeness (QED) is 0.0321. The minimum Gasteiger partial charge on any atom is -0.462 e. The molecular formula is C60H117NO5. The predicted molar refractivity (Wildman–Crippen MR) is 287 cm³/mol. The van der Waals surface area contributed by atoms with Crippen molar-refractivity contribution in [3.8, 4) is 0 Å². The lowest BCUT2D eigenvalue weighted by atomic mass is 10.0. The highest BCUT2D eigenvalue weighted by atomic mass is 16.5. The van der Waals surface area contributed by atoms with Gasteiger partial charge in [-0.15, -0.1) is 0 Å². The average molecular weight is 933 g/mol. The second-order valence-corrected chi connectivity index (χ2v) is 20.8. The van der Waals surface area contributed by atoms with Gasteiger partial charge in [0, 0.05) is 6.42 Å². The molecule has 0 rings (SSSR count). The molecule has 3 atom stereocenters. The van der Waals surface area contributed by atoms with Gasteiger partial charge in [-0.05, 0) is 51.4 Å². The predicted octanol–water partition coefficient (Wildman–Crippen LogP) is 18.5. The maximum Gasteiger partial charge on any atom is 0.306 e. The van der Waals surface area contributed by atoms with Gasteiger partial charge in [0.2, 0.25) is 5.91 Å². The number of unbranched alkanes of at least 4 members (excludes halogenated alkanes) is 41. The van der Waals surface area contributed by atoms with Crippen molar-refractivity contribution in [1.82, 2.24) is 5.32 Å². The van der Waals surface area contributed by atoms with Crippen LogP contribution >= 0.6 is 0 Å². The van der Waals surface area contributed by atoms with Crippen molar-refractivity contribution in [3.05, 3.63) is 12.2 Å². The van der Waals surface area contributed by atoms with E-state index >= 15 is 0 Å². The van der Waals surface area contributed by atoms with Crippen LogP contribution in [0.2, 0.25) is 0 Å². The molecule has 0 aromatic carbocycles. The Labute approximate surface area is 412 Å². The summed E-state index contributed by atoms with van der Waals surface area (Å²) < 4.78 is 5.97. The molecule has 1 amide bonds. The zero-order valence-corrected chi connectivity index (χ0v) is 44.9. The number of nitrogens with one attached hydrogen (secondary N) is 1. The van der Waals surface area contributed by atoms with Crippen molar-refractivity contribution in [3.63, 3.8) is 0 Å². The molecule has 0 bridgehead atoms. The van der Waals surface area contributed by atoms with E-state index in [1.54, 1.807) is 0 Å². The van der Waals surface area contributed by atoms with Crippen LogP contribution in [-0.4, -0.2) is 46.9 Å². The molecule has 0 heterocycles. The third-order valence-corrected chi connectivity index (χ3v) is 14.1. The van der Waals surface area contributed by atoms with Gasteiger partial charge in [-0.2, -0.15) is 0 Å². The third kappa shape index (κ3) is 49.0. The Morgan fingerprint density at radius 1 is 0.424 bits per heavy atom. The Morgan fingerprint density at radius 2 is 0.727 bits per heavy atom. The number of hydrogen-bond donors (Lipinski definition) is 3. The molecule has 3 unspecified atom stereocenters. The van der Waals surface area contributed by atoms with Gasteiger partial charge in [0.1, 0.15) is 6.10 Å². The van der Waals surface area contributed by atoms with E-state index in [4.69, 9.17) is 4.74 Å². The molecule has 0 aliphatic heterocycles. The van der Waals surface area contributed by atoms with Crippen molar-refractivity contribution < 1.29 is 24.5 Å². The average Bonchev–Trinajstić information content (AvgIpc) is 3.31. The van der Waals surface area contributed by atoms with Gasteiger partial charge in [0.15, 0.2) is 0 Å². The minimum atomic E-state index is -0.784. The van der Waals surface area contributed by atoms with Crippen molar-refractivity contribution in [2.45, 2.75) is 354 Å². The topological polar surface area (TPSA) is 95.9 Å². The molecule has 0 fully saturated rings. The Hall–Kier alpha value is -1.40. The maximum atomic E-state index is 13.3. The number of carbonyl (C=O) groups is 2. The molecule has 6 nitrogen and oxygen atoms in total. The molecule has 0 aromatic rings. The normalized spacial score (nSPS) is 13.1. The van der Waals surface area contributed by atoms with Crippen LogP contribution in [0.4, 0.5) is 0 Å². The Bertz CT molecular complexity index is 1000. The number of aliphatic hydroxyl groups is 2. The molecule has 392 valence electrons. The number of aliphatic hydroxyl groups excluding tert-OH is 2. The fraction of sp³-hybridized carbons (Fsp3) is 0.933. The van der Waals surface area contributed by atoms with E-state index < -0.39 is 18.2 Å². The minimum absolute atomic E-state index is 0.0824. The van der Waals surface area contributed by atoms with Gasteiger partial charge in [-0.3, -0.25) is 9.59 Å². The van der Waals surface area contributed by atoms with Crippen LogP contribution in [0.3, 0.4) is 0 Å². The molecule has 0 saturated heterocycles. The molecular weight excluding hydrogens is 815 g/mol. The Kier molecular flexibility index (Phi) is 53.4. The van der Waals surface area contributed by atoms with Crippen LogP contribution in [-0.2, 0) is 14.3 Å². The van der Waals surface area contributed by atoms with E-state index in [9.17, 15) is 19.8 Å². The fourth-order valence-corrected chi connectivity index (χ4v) is 9.55. The summed E-state index contributed by atoms with van der Waals surface area (Å²) in [5.74, 6) is -0.458. The first-order valence-corrected chi connectivity index (χ1v) is 29.9. The number of rotatable bonds is 55. The number of esters is 1. The van der Waals surface area contributed by atoms with Crippen LogP contribution in [0.1, 0.15) is 335 Å². The standard InChI is InChI=1S/C60H117NO5/c1-4-7-10-13-16-19-22-25-27-29-30-32-35-38-41-44-47-50-53-60(65)66-56(51-48-45-42-39-36-34-31-28-26-23-20-17-14-11-8-5-2)54-59(64)61-57(55-62)58(63)52-49-46-43-40-37-33-24-21-18-15-12-9-6-3/h30,32,56-58,62-63H,4-29,31,33-55H2,1-3H3,(H,61,64)/b32-30+. The van der Waals surface area contributed by atoms with Gasteiger partial charge >= 0.3 is 5.97 Å². The maximum absolute atomic E-state index is 13.3. The van der Waals surface area contributed by atoms with Gasteiger partial charge in [-0.1, -0.05) is 283 Å². The summed E-state index contributed by atoms with van der Waals surface area (Å²) in [4.78, 5) is 26.3. The molecule has 66 heavy (non-hydrogen) atoms. The number of allylic oxidation sites excluding steroid dienone is 2. The first-order chi connectivity index (χ1) is 32.5. The molecule has 0 aliphatic rings. The first-order valence-electron chi connectivity index (χ1n) is 29.9. The summed E-state index contributed by atoms with van der Waals surface area (Å²) in [7, 11) is 0. The SMILES string of the molecule is CCCCCCCCCCC/C=C/CCCCCCCC(=O)OC(CCCCCCCCCCCCCCCCCC)CC(=O)NC(CO)C(O)CCCCCCCCCCCCCCC. The fourth-order valence-electron chi connectivity index (χ4n) is 9.55. The molecule has 0 radical (unpaired) electrons. The van der Waals surface area contributed by atoms with Crippen molar-refractivity contribution in [2.75, 3.05) is 6.61 Å². The second-order valence-electron chi connectivity index (χ2n) is 20.8. The highest BCUT2D eigenvalue weighted by Gasteiger charge is 2.24. The van der Waals surface area contributed by atoms with Crippen molar-refractivity contribution in [1.29, 1.82) is 0 Å². The molecule has 0 aromatic heterocycles. The highest BCUT2D eigenvalue weighted by molar-refractivity contribution is 5.77. The summed E-state index contributed by atoms with van der Waals surface area (Å²) in [6.07, 6.45) is 62.8. The van der Waals surface area contributed by atoms with Crippen LogP contribution in [0, 0.1) is 0 Å². The van der Waals surface area contributed by atoms with Gasteiger partial charge < -0.3 is 20.3 Å². The number of amides is 1. The van der Waals surface area contributed by atoms with Crippen LogP contribution in [0.5, 0.6) is 0 Å². The van der Waals surface area contributed by atoms with E-state index in [1.165, 1.54) is 238 Å². The number of hydrogen-bond acceptors (Lipinski definition) is 5. The summed E-state index contributed by atoms with van der Waals surface area (Å²) in [5.41, 5.74) is 0. The zero-order valence-electron chi connectivity index (χ0n) is 44.9. The summed E-state index contributed by atoms with van der Waals surface area (Å²) in [5, 5.41) is 23.9. The van der Waals surface area contributed by atoms with Crippen molar-refractivity contribution in [2.24, 2.45) is 0 Å². The van der Waals surface area contributed by atoms with Gasteiger partial charge in [0.25, 0.3) is 0 Å².